The SMILES string of the molecule is CCS(=O)CC(O)COc1c(Cl)cc(C(C)(C)c2ccc(OCCCCl)cc2)cc1Cl. The average molecular weight is 508 g/mol. The Morgan fingerprint density at radius 2 is 1.68 bits per heavy atom. The van der Waals surface area contributed by atoms with E-state index in [0.29, 0.717) is 34.0 Å². The second-order valence-electron chi connectivity index (χ2n) is 7.67. The number of rotatable bonds is 12. The van der Waals surface area contributed by atoms with Crippen LogP contribution in [0.4, 0.5) is 0 Å². The van der Waals surface area contributed by atoms with Crippen LogP contribution in [0.3, 0.4) is 0 Å². The van der Waals surface area contributed by atoms with Crippen molar-refractivity contribution >= 4 is 45.6 Å². The summed E-state index contributed by atoms with van der Waals surface area (Å²) < 4.78 is 22.9. The first kappa shape index (κ1) is 26.3. The first-order valence-electron chi connectivity index (χ1n) is 10.1. The Morgan fingerprint density at radius 3 is 2.23 bits per heavy atom. The zero-order valence-electron chi connectivity index (χ0n) is 18.0. The zero-order chi connectivity index (χ0) is 23.0. The van der Waals surface area contributed by atoms with Gasteiger partial charge in [-0.2, -0.15) is 0 Å². The average Bonchev–Trinajstić information content (AvgIpc) is 2.73. The van der Waals surface area contributed by atoms with E-state index in [1.54, 1.807) is 6.92 Å². The van der Waals surface area contributed by atoms with Crippen molar-refractivity contribution in [3.63, 3.8) is 0 Å². The molecule has 2 aromatic carbocycles. The Balaban J connectivity index is 2.14. The van der Waals surface area contributed by atoms with Gasteiger partial charge in [0.05, 0.1) is 28.5 Å². The lowest BCUT2D eigenvalue weighted by Gasteiger charge is -2.27. The zero-order valence-corrected chi connectivity index (χ0v) is 21.1. The number of halogens is 3. The molecular formula is C23H29Cl3O4S. The van der Waals surface area contributed by atoms with Crippen LogP contribution in [0.1, 0.15) is 38.3 Å². The summed E-state index contributed by atoms with van der Waals surface area (Å²) in [5.41, 5.74) is 1.65. The van der Waals surface area contributed by atoms with E-state index in [0.717, 1.165) is 23.3 Å². The van der Waals surface area contributed by atoms with Crippen molar-refractivity contribution in [3.8, 4) is 11.5 Å². The van der Waals surface area contributed by atoms with Crippen molar-refractivity contribution < 1.29 is 18.8 Å². The minimum atomic E-state index is -1.08. The fourth-order valence-electron chi connectivity index (χ4n) is 3.00. The van der Waals surface area contributed by atoms with Crippen LogP contribution in [0.2, 0.25) is 10.0 Å². The van der Waals surface area contributed by atoms with Crippen LogP contribution in [0.25, 0.3) is 0 Å². The normalized spacial score (nSPS) is 13.6. The summed E-state index contributed by atoms with van der Waals surface area (Å²) in [4.78, 5) is 0. The van der Waals surface area contributed by atoms with Crippen LogP contribution < -0.4 is 9.47 Å². The van der Waals surface area contributed by atoms with Gasteiger partial charge in [0.15, 0.2) is 5.75 Å². The molecule has 2 unspecified atom stereocenters. The highest BCUT2D eigenvalue weighted by atomic mass is 35.5. The molecule has 2 aromatic rings. The van der Waals surface area contributed by atoms with Gasteiger partial charge in [0.2, 0.25) is 0 Å². The Bertz CT molecular complexity index is 849. The molecule has 0 heterocycles. The first-order chi connectivity index (χ1) is 14.7. The molecule has 31 heavy (non-hydrogen) atoms. The van der Waals surface area contributed by atoms with Gasteiger partial charge >= 0.3 is 0 Å². The molecular weight excluding hydrogens is 479 g/mol. The Labute approximate surface area is 202 Å². The predicted octanol–water partition coefficient (Wildman–Crippen LogP) is 5.84. The summed E-state index contributed by atoms with van der Waals surface area (Å²) in [5.74, 6) is 2.33. The van der Waals surface area contributed by atoms with Gasteiger partial charge in [0, 0.05) is 27.8 Å². The van der Waals surface area contributed by atoms with E-state index in [9.17, 15) is 9.32 Å². The molecule has 0 aliphatic heterocycles. The number of hydrogen-bond acceptors (Lipinski definition) is 4. The van der Waals surface area contributed by atoms with Crippen LogP contribution in [-0.2, 0) is 16.2 Å². The van der Waals surface area contributed by atoms with E-state index in [-0.39, 0.29) is 17.8 Å². The summed E-state index contributed by atoms with van der Waals surface area (Å²) in [6.07, 6.45) is -0.0533. The number of benzene rings is 2. The summed E-state index contributed by atoms with van der Waals surface area (Å²) in [6.45, 7) is 6.53. The molecule has 0 radical (unpaired) electrons. The summed E-state index contributed by atoms with van der Waals surface area (Å²) in [6, 6.07) is 11.6. The molecule has 2 rings (SSSR count). The number of hydrogen-bond donors (Lipinski definition) is 1. The first-order valence-corrected chi connectivity index (χ1v) is 12.9. The van der Waals surface area contributed by atoms with Gasteiger partial charge in [-0.25, -0.2) is 0 Å². The molecule has 0 saturated carbocycles. The molecule has 0 aromatic heterocycles. The van der Waals surface area contributed by atoms with E-state index in [1.807, 2.05) is 36.4 Å². The van der Waals surface area contributed by atoms with Gasteiger partial charge < -0.3 is 14.6 Å². The van der Waals surface area contributed by atoms with Gasteiger partial charge in [-0.1, -0.05) is 56.1 Å². The summed E-state index contributed by atoms with van der Waals surface area (Å²) in [7, 11) is -1.08. The van der Waals surface area contributed by atoms with Gasteiger partial charge in [0.25, 0.3) is 0 Å². The molecule has 8 heteroatoms. The molecule has 0 amide bonds. The maximum atomic E-state index is 11.6. The largest absolute Gasteiger partial charge is 0.494 e. The molecule has 172 valence electrons. The van der Waals surface area contributed by atoms with E-state index >= 15 is 0 Å². The molecule has 0 fully saturated rings. The summed E-state index contributed by atoms with van der Waals surface area (Å²) >= 11 is 18.6. The van der Waals surface area contributed by atoms with Crippen molar-refractivity contribution in [3.05, 3.63) is 57.6 Å². The number of ether oxygens (including phenoxy) is 2. The number of alkyl halides is 1. The molecule has 0 spiro atoms. The van der Waals surface area contributed by atoms with Crippen LogP contribution in [0.15, 0.2) is 36.4 Å². The molecule has 0 bridgehead atoms. The third kappa shape index (κ3) is 7.54. The van der Waals surface area contributed by atoms with Crippen LogP contribution in [0, 0.1) is 0 Å². The Kier molecular flexibility index (Phi) is 10.4. The molecule has 0 aliphatic carbocycles. The molecule has 1 N–H and O–H groups in total. The van der Waals surface area contributed by atoms with Crippen molar-refractivity contribution in [1.29, 1.82) is 0 Å². The second-order valence-corrected chi connectivity index (χ2v) is 10.7. The van der Waals surface area contributed by atoms with E-state index in [2.05, 4.69) is 13.8 Å². The maximum absolute atomic E-state index is 11.6. The fourth-order valence-corrected chi connectivity index (χ4v) is 4.46. The third-order valence-electron chi connectivity index (χ3n) is 4.96. The van der Waals surface area contributed by atoms with Gasteiger partial charge in [-0.3, -0.25) is 4.21 Å². The van der Waals surface area contributed by atoms with Gasteiger partial charge in [-0.15, -0.1) is 11.6 Å². The third-order valence-corrected chi connectivity index (χ3v) is 7.19. The fraction of sp³-hybridized carbons (Fsp3) is 0.478. The lowest BCUT2D eigenvalue weighted by Crippen LogP contribution is -2.25. The quantitative estimate of drug-likeness (QED) is 0.290. The minimum absolute atomic E-state index is 0.0287. The monoisotopic (exact) mass is 506 g/mol. The highest BCUT2D eigenvalue weighted by Crippen LogP contribution is 2.40. The second kappa shape index (κ2) is 12.3. The smallest absolute Gasteiger partial charge is 0.156 e. The molecule has 4 nitrogen and oxygen atoms in total. The van der Waals surface area contributed by atoms with Crippen molar-refractivity contribution in [2.45, 2.75) is 38.7 Å². The minimum Gasteiger partial charge on any atom is -0.494 e. The predicted molar refractivity (Wildman–Crippen MR) is 131 cm³/mol. The van der Waals surface area contributed by atoms with E-state index in [4.69, 9.17) is 44.3 Å². The number of aliphatic hydroxyl groups excluding tert-OH is 1. The lowest BCUT2D eigenvalue weighted by atomic mass is 9.78. The molecule has 0 aliphatic rings. The van der Waals surface area contributed by atoms with Crippen LogP contribution >= 0.6 is 34.8 Å². The highest BCUT2D eigenvalue weighted by molar-refractivity contribution is 7.84. The number of aliphatic hydroxyl groups is 1. The van der Waals surface area contributed by atoms with Crippen molar-refractivity contribution in [2.75, 3.05) is 30.6 Å². The standard InChI is InChI=1S/C23H29Cl3O4S/c1-4-31(28)15-18(27)14-30-22-20(25)12-17(13-21(22)26)23(2,3)16-6-8-19(9-7-16)29-11-5-10-24/h6-9,12-13,18,27H,4-5,10-11,14-15H2,1-3H3. The van der Waals surface area contributed by atoms with E-state index < -0.39 is 16.9 Å². The Morgan fingerprint density at radius 1 is 1.06 bits per heavy atom. The molecule has 0 saturated heterocycles. The Hall–Kier alpha value is -0.980. The summed E-state index contributed by atoms with van der Waals surface area (Å²) in [5, 5.41) is 10.7. The topological polar surface area (TPSA) is 55.8 Å². The van der Waals surface area contributed by atoms with Crippen LogP contribution in [0.5, 0.6) is 11.5 Å². The lowest BCUT2D eigenvalue weighted by molar-refractivity contribution is 0.126. The molecule has 2 atom stereocenters. The maximum Gasteiger partial charge on any atom is 0.156 e. The van der Waals surface area contributed by atoms with Crippen molar-refractivity contribution in [2.24, 2.45) is 0 Å². The van der Waals surface area contributed by atoms with E-state index in [1.165, 1.54) is 0 Å². The van der Waals surface area contributed by atoms with Gasteiger partial charge in [-0.05, 0) is 41.8 Å². The van der Waals surface area contributed by atoms with Crippen molar-refractivity contribution in [1.82, 2.24) is 0 Å². The van der Waals surface area contributed by atoms with Gasteiger partial charge in [0.1, 0.15) is 12.4 Å². The highest BCUT2D eigenvalue weighted by Gasteiger charge is 2.26. The van der Waals surface area contributed by atoms with Crippen LogP contribution in [-0.4, -0.2) is 46.0 Å².